The number of ether oxygens (including phenoxy) is 2. The van der Waals surface area contributed by atoms with Crippen molar-refractivity contribution in [2.75, 3.05) is 26.4 Å². The fourth-order valence-corrected chi connectivity index (χ4v) is 2.64. The average molecular weight is 314 g/mol. The lowest BCUT2D eigenvalue weighted by Gasteiger charge is -2.22. The molecule has 1 heterocycles. The van der Waals surface area contributed by atoms with Crippen LogP contribution < -0.4 is 10.5 Å². The van der Waals surface area contributed by atoms with Gasteiger partial charge in [0.05, 0.1) is 11.1 Å². The van der Waals surface area contributed by atoms with Crippen LogP contribution in [0.25, 0.3) is 0 Å². The van der Waals surface area contributed by atoms with Crippen molar-refractivity contribution in [3.8, 4) is 5.75 Å². The Labute approximate surface area is 117 Å². The molecule has 2 N–H and O–H groups in total. The van der Waals surface area contributed by atoms with Gasteiger partial charge in [0, 0.05) is 13.2 Å². The Kier molecular flexibility index (Phi) is 5.47. The van der Waals surface area contributed by atoms with E-state index in [9.17, 15) is 0 Å². The van der Waals surface area contributed by atoms with E-state index in [4.69, 9.17) is 15.2 Å². The first-order valence-corrected chi connectivity index (χ1v) is 7.28. The van der Waals surface area contributed by atoms with Crippen LogP contribution in [-0.4, -0.2) is 26.4 Å². The number of hydrogen-bond donors (Lipinski definition) is 1. The van der Waals surface area contributed by atoms with E-state index in [1.165, 1.54) is 5.56 Å². The highest BCUT2D eigenvalue weighted by atomic mass is 79.9. The summed E-state index contributed by atoms with van der Waals surface area (Å²) in [4.78, 5) is 0. The van der Waals surface area contributed by atoms with Crippen molar-refractivity contribution in [1.82, 2.24) is 0 Å². The second-order valence-corrected chi connectivity index (χ2v) is 5.52. The Balaban J connectivity index is 1.88. The van der Waals surface area contributed by atoms with E-state index in [1.807, 2.05) is 6.07 Å². The molecular formula is C14H20BrNO2. The van der Waals surface area contributed by atoms with Gasteiger partial charge < -0.3 is 15.2 Å². The molecule has 1 aromatic rings. The molecule has 0 amide bonds. The molecule has 2 rings (SSSR count). The molecule has 3 nitrogen and oxygen atoms in total. The van der Waals surface area contributed by atoms with Crippen LogP contribution >= 0.6 is 15.9 Å². The maximum atomic E-state index is 5.88. The summed E-state index contributed by atoms with van der Waals surface area (Å²) in [7, 11) is 0. The molecule has 18 heavy (non-hydrogen) atoms. The van der Waals surface area contributed by atoms with Gasteiger partial charge in [-0.05, 0) is 65.4 Å². The molecule has 0 saturated carbocycles. The number of rotatable bonds is 5. The summed E-state index contributed by atoms with van der Waals surface area (Å²) in [5.41, 5.74) is 6.79. The molecule has 1 fully saturated rings. The fraction of sp³-hybridized carbons (Fsp3) is 0.571. The van der Waals surface area contributed by atoms with Crippen LogP contribution in [0.3, 0.4) is 0 Å². The lowest BCUT2D eigenvalue weighted by molar-refractivity contribution is 0.0496. The van der Waals surface area contributed by atoms with Crippen molar-refractivity contribution in [3.63, 3.8) is 0 Å². The van der Waals surface area contributed by atoms with Crippen LogP contribution in [0.1, 0.15) is 18.4 Å². The van der Waals surface area contributed by atoms with Crippen molar-refractivity contribution in [3.05, 3.63) is 28.2 Å². The molecule has 4 heteroatoms. The minimum Gasteiger partial charge on any atom is -0.492 e. The zero-order valence-electron chi connectivity index (χ0n) is 10.5. The predicted octanol–water partition coefficient (Wildman–Crippen LogP) is 2.76. The largest absolute Gasteiger partial charge is 0.492 e. The van der Waals surface area contributed by atoms with Crippen LogP contribution in [0.15, 0.2) is 22.7 Å². The summed E-state index contributed by atoms with van der Waals surface area (Å²) in [5.74, 6) is 1.54. The summed E-state index contributed by atoms with van der Waals surface area (Å²) in [6, 6.07) is 6.19. The van der Waals surface area contributed by atoms with Gasteiger partial charge in [-0.3, -0.25) is 0 Å². The molecule has 0 bridgehead atoms. The molecule has 0 spiro atoms. The number of benzene rings is 1. The van der Waals surface area contributed by atoms with Crippen LogP contribution in [0.2, 0.25) is 0 Å². The number of nitrogens with two attached hydrogens (primary N) is 1. The van der Waals surface area contributed by atoms with Gasteiger partial charge in [0.15, 0.2) is 0 Å². The van der Waals surface area contributed by atoms with E-state index in [0.717, 1.165) is 49.3 Å². The SMILES string of the molecule is NCCc1ccc(OCC2CCOCC2)c(Br)c1. The highest BCUT2D eigenvalue weighted by molar-refractivity contribution is 9.10. The van der Waals surface area contributed by atoms with Gasteiger partial charge >= 0.3 is 0 Å². The molecule has 100 valence electrons. The highest BCUT2D eigenvalue weighted by Gasteiger charge is 2.15. The minimum atomic E-state index is 0.620. The van der Waals surface area contributed by atoms with E-state index in [0.29, 0.717) is 12.5 Å². The third-order valence-electron chi connectivity index (χ3n) is 3.24. The molecule has 0 aromatic heterocycles. The second kappa shape index (κ2) is 7.12. The Hall–Kier alpha value is -0.580. The average Bonchev–Trinajstić information content (AvgIpc) is 2.39. The van der Waals surface area contributed by atoms with Crippen LogP contribution in [0.4, 0.5) is 0 Å². The molecule has 0 unspecified atom stereocenters. The Morgan fingerprint density at radius 2 is 2.11 bits per heavy atom. The lowest BCUT2D eigenvalue weighted by Crippen LogP contribution is -2.21. The topological polar surface area (TPSA) is 44.5 Å². The summed E-state index contributed by atoms with van der Waals surface area (Å²) in [6.45, 7) is 3.18. The Bertz CT molecular complexity index is 378. The van der Waals surface area contributed by atoms with Crippen LogP contribution in [-0.2, 0) is 11.2 Å². The van der Waals surface area contributed by atoms with Gasteiger partial charge in [-0.1, -0.05) is 6.07 Å². The third-order valence-corrected chi connectivity index (χ3v) is 3.86. The number of halogens is 1. The van der Waals surface area contributed by atoms with Gasteiger partial charge in [-0.15, -0.1) is 0 Å². The molecule has 0 atom stereocenters. The zero-order chi connectivity index (χ0) is 12.8. The molecule has 1 aromatic carbocycles. The maximum Gasteiger partial charge on any atom is 0.133 e. The molecular weight excluding hydrogens is 294 g/mol. The van der Waals surface area contributed by atoms with E-state index >= 15 is 0 Å². The molecule has 0 aliphatic carbocycles. The molecule has 0 radical (unpaired) electrons. The van der Waals surface area contributed by atoms with Gasteiger partial charge in [0.25, 0.3) is 0 Å². The van der Waals surface area contributed by atoms with Crippen molar-refractivity contribution in [2.24, 2.45) is 11.7 Å². The Morgan fingerprint density at radius 3 is 2.78 bits per heavy atom. The number of hydrogen-bond acceptors (Lipinski definition) is 3. The normalized spacial score (nSPS) is 16.8. The van der Waals surface area contributed by atoms with Gasteiger partial charge in [0.2, 0.25) is 0 Å². The van der Waals surface area contributed by atoms with E-state index < -0.39 is 0 Å². The van der Waals surface area contributed by atoms with E-state index in [2.05, 4.69) is 28.1 Å². The predicted molar refractivity (Wildman–Crippen MR) is 75.9 cm³/mol. The van der Waals surface area contributed by atoms with Gasteiger partial charge in [0.1, 0.15) is 5.75 Å². The minimum absolute atomic E-state index is 0.620. The van der Waals surface area contributed by atoms with Crippen LogP contribution in [0.5, 0.6) is 5.75 Å². The smallest absolute Gasteiger partial charge is 0.133 e. The van der Waals surface area contributed by atoms with Gasteiger partial charge in [-0.25, -0.2) is 0 Å². The molecule has 1 aliphatic heterocycles. The third kappa shape index (κ3) is 3.97. The first-order valence-electron chi connectivity index (χ1n) is 6.48. The summed E-state index contributed by atoms with van der Waals surface area (Å²) < 4.78 is 12.2. The second-order valence-electron chi connectivity index (χ2n) is 4.67. The zero-order valence-corrected chi connectivity index (χ0v) is 12.1. The highest BCUT2D eigenvalue weighted by Crippen LogP contribution is 2.27. The molecule has 1 saturated heterocycles. The Morgan fingerprint density at radius 1 is 1.33 bits per heavy atom. The maximum absolute atomic E-state index is 5.88. The van der Waals surface area contributed by atoms with Crippen LogP contribution in [0, 0.1) is 5.92 Å². The lowest BCUT2D eigenvalue weighted by atomic mass is 10.0. The standard InChI is InChI=1S/C14H20BrNO2/c15-13-9-11(3-6-16)1-2-14(13)18-10-12-4-7-17-8-5-12/h1-2,9,12H,3-8,10,16H2. The fourth-order valence-electron chi connectivity index (χ4n) is 2.10. The van der Waals surface area contributed by atoms with E-state index in [1.54, 1.807) is 0 Å². The van der Waals surface area contributed by atoms with Crippen molar-refractivity contribution >= 4 is 15.9 Å². The van der Waals surface area contributed by atoms with Crippen molar-refractivity contribution in [1.29, 1.82) is 0 Å². The molecule has 1 aliphatic rings. The van der Waals surface area contributed by atoms with Crippen molar-refractivity contribution < 1.29 is 9.47 Å². The summed E-state index contributed by atoms with van der Waals surface area (Å²) in [6.07, 6.45) is 3.10. The van der Waals surface area contributed by atoms with Crippen molar-refractivity contribution in [2.45, 2.75) is 19.3 Å². The quantitative estimate of drug-likeness (QED) is 0.909. The monoisotopic (exact) mass is 313 g/mol. The summed E-state index contributed by atoms with van der Waals surface area (Å²) >= 11 is 3.55. The first kappa shape index (κ1) is 13.8. The van der Waals surface area contributed by atoms with Gasteiger partial charge in [-0.2, -0.15) is 0 Å². The first-order chi connectivity index (χ1) is 8.79. The van der Waals surface area contributed by atoms with E-state index in [-0.39, 0.29) is 0 Å². The summed E-state index contributed by atoms with van der Waals surface area (Å²) in [5, 5.41) is 0.